The zero-order valence-electron chi connectivity index (χ0n) is 10.8. The SMILES string of the molecule is CCS(=O)(=O)N1CC[C@H]2Nc3ccc(F)cc3[C@@H]2C1. The Morgan fingerprint density at radius 1 is 1.47 bits per heavy atom. The van der Waals surface area contributed by atoms with Gasteiger partial charge in [-0.25, -0.2) is 17.1 Å². The minimum absolute atomic E-state index is 0.0563. The fraction of sp³-hybridized carbons (Fsp3) is 0.538. The van der Waals surface area contributed by atoms with Crippen LogP contribution in [0.4, 0.5) is 10.1 Å². The number of rotatable bonds is 2. The smallest absolute Gasteiger partial charge is 0.213 e. The molecule has 0 radical (unpaired) electrons. The van der Waals surface area contributed by atoms with Crippen LogP contribution in [0.1, 0.15) is 24.8 Å². The first-order chi connectivity index (χ1) is 9.01. The Bertz CT molecular complexity index is 603. The van der Waals surface area contributed by atoms with E-state index in [0.717, 1.165) is 17.7 Å². The Morgan fingerprint density at radius 2 is 2.26 bits per heavy atom. The van der Waals surface area contributed by atoms with Crippen molar-refractivity contribution in [3.8, 4) is 0 Å². The summed E-state index contributed by atoms with van der Waals surface area (Å²) < 4.78 is 38.8. The molecular formula is C13H17FN2O2S. The van der Waals surface area contributed by atoms with Crippen LogP contribution >= 0.6 is 0 Å². The summed E-state index contributed by atoms with van der Waals surface area (Å²) in [6, 6.07) is 4.92. The van der Waals surface area contributed by atoms with Crippen LogP contribution in [0.3, 0.4) is 0 Å². The summed E-state index contributed by atoms with van der Waals surface area (Å²) in [5.41, 5.74) is 1.84. The van der Waals surface area contributed by atoms with Gasteiger partial charge in [0.15, 0.2) is 0 Å². The molecule has 2 atom stereocenters. The zero-order valence-corrected chi connectivity index (χ0v) is 11.6. The first kappa shape index (κ1) is 12.9. The molecule has 0 unspecified atom stereocenters. The zero-order chi connectivity index (χ0) is 13.6. The van der Waals surface area contributed by atoms with Gasteiger partial charge in [0, 0.05) is 30.7 Å². The van der Waals surface area contributed by atoms with E-state index in [1.807, 2.05) is 0 Å². The molecule has 2 aliphatic rings. The third-order valence-electron chi connectivity index (χ3n) is 4.09. The molecule has 2 heterocycles. The maximum Gasteiger partial charge on any atom is 0.213 e. The molecule has 0 aromatic heterocycles. The summed E-state index contributed by atoms with van der Waals surface area (Å²) in [6.07, 6.45) is 0.764. The predicted molar refractivity (Wildman–Crippen MR) is 72.2 cm³/mol. The molecule has 2 aliphatic heterocycles. The number of anilines is 1. The summed E-state index contributed by atoms with van der Waals surface area (Å²) in [5, 5.41) is 3.37. The number of nitrogens with one attached hydrogen (secondary N) is 1. The van der Waals surface area contributed by atoms with Crippen LogP contribution in [0, 0.1) is 5.82 Å². The van der Waals surface area contributed by atoms with Crippen molar-refractivity contribution >= 4 is 15.7 Å². The Kier molecular flexibility index (Phi) is 3.02. The number of halogens is 1. The van der Waals surface area contributed by atoms with Gasteiger partial charge in [0.2, 0.25) is 10.0 Å². The summed E-state index contributed by atoms with van der Waals surface area (Å²) >= 11 is 0. The van der Waals surface area contributed by atoms with Crippen molar-refractivity contribution in [3.63, 3.8) is 0 Å². The molecule has 0 bridgehead atoms. The third kappa shape index (κ3) is 2.12. The second-order valence-corrected chi connectivity index (χ2v) is 7.39. The van der Waals surface area contributed by atoms with Crippen LogP contribution in [0.2, 0.25) is 0 Å². The van der Waals surface area contributed by atoms with Crippen LogP contribution in [0.25, 0.3) is 0 Å². The van der Waals surface area contributed by atoms with Crippen LogP contribution < -0.4 is 5.32 Å². The van der Waals surface area contributed by atoms with E-state index in [2.05, 4.69) is 5.32 Å². The average molecular weight is 284 g/mol. The number of sulfonamides is 1. The van der Waals surface area contributed by atoms with Crippen molar-refractivity contribution in [2.24, 2.45) is 0 Å². The Hall–Kier alpha value is -1.14. The van der Waals surface area contributed by atoms with Gasteiger partial charge in [-0.15, -0.1) is 0 Å². The van der Waals surface area contributed by atoms with Gasteiger partial charge in [0.25, 0.3) is 0 Å². The van der Waals surface area contributed by atoms with Crippen LogP contribution in [-0.4, -0.2) is 37.6 Å². The highest BCUT2D eigenvalue weighted by atomic mass is 32.2. The predicted octanol–water partition coefficient (Wildman–Crippen LogP) is 1.76. The normalized spacial score (nSPS) is 26.6. The Morgan fingerprint density at radius 3 is 3.00 bits per heavy atom. The minimum atomic E-state index is -3.16. The molecule has 1 saturated heterocycles. The summed E-state index contributed by atoms with van der Waals surface area (Å²) in [5.74, 6) is -0.0918. The molecule has 104 valence electrons. The van der Waals surface area contributed by atoms with Crippen molar-refractivity contribution in [2.75, 3.05) is 24.2 Å². The molecule has 1 N–H and O–H groups in total. The van der Waals surface area contributed by atoms with E-state index in [4.69, 9.17) is 0 Å². The topological polar surface area (TPSA) is 49.4 Å². The third-order valence-corrected chi connectivity index (χ3v) is 5.94. The van der Waals surface area contributed by atoms with Gasteiger partial charge >= 0.3 is 0 Å². The monoisotopic (exact) mass is 284 g/mol. The maximum atomic E-state index is 13.4. The minimum Gasteiger partial charge on any atom is -0.381 e. The molecule has 19 heavy (non-hydrogen) atoms. The van der Waals surface area contributed by atoms with Crippen LogP contribution in [0.15, 0.2) is 18.2 Å². The quantitative estimate of drug-likeness (QED) is 0.900. The number of nitrogens with zero attached hydrogens (tertiary/aromatic N) is 1. The first-order valence-corrected chi connectivity index (χ1v) is 8.16. The van der Waals surface area contributed by atoms with E-state index in [9.17, 15) is 12.8 Å². The number of hydrogen-bond acceptors (Lipinski definition) is 3. The number of piperidine rings is 1. The molecule has 1 aromatic rings. The van der Waals surface area contributed by atoms with E-state index in [0.29, 0.717) is 13.1 Å². The molecule has 3 rings (SSSR count). The van der Waals surface area contributed by atoms with Crippen LogP contribution in [0.5, 0.6) is 0 Å². The lowest BCUT2D eigenvalue weighted by Gasteiger charge is -2.34. The molecule has 1 aromatic carbocycles. The molecule has 0 spiro atoms. The number of hydrogen-bond donors (Lipinski definition) is 1. The number of fused-ring (bicyclic) bond motifs is 3. The summed E-state index contributed by atoms with van der Waals surface area (Å²) in [7, 11) is -3.16. The fourth-order valence-corrected chi connectivity index (χ4v) is 4.15. The average Bonchev–Trinajstić information content (AvgIpc) is 2.76. The van der Waals surface area contributed by atoms with Crippen LogP contribution in [-0.2, 0) is 10.0 Å². The Labute approximate surface area is 112 Å². The molecule has 1 fully saturated rings. The molecular weight excluding hydrogens is 267 g/mol. The van der Waals surface area contributed by atoms with Gasteiger partial charge in [0.05, 0.1) is 5.75 Å². The fourth-order valence-electron chi connectivity index (χ4n) is 3.02. The highest BCUT2D eigenvalue weighted by Crippen LogP contribution is 2.40. The number of benzene rings is 1. The highest BCUT2D eigenvalue weighted by Gasteiger charge is 2.39. The van der Waals surface area contributed by atoms with Gasteiger partial charge in [-0.2, -0.15) is 0 Å². The second-order valence-electron chi connectivity index (χ2n) is 5.14. The van der Waals surface area contributed by atoms with Gasteiger partial charge in [0.1, 0.15) is 5.82 Å². The lowest BCUT2D eigenvalue weighted by atomic mass is 9.90. The van der Waals surface area contributed by atoms with Gasteiger partial charge < -0.3 is 5.32 Å². The largest absolute Gasteiger partial charge is 0.381 e. The van der Waals surface area contributed by atoms with Crippen molar-refractivity contribution < 1.29 is 12.8 Å². The highest BCUT2D eigenvalue weighted by molar-refractivity contribution is 7.89. The summed E-state index contributed by atoms with van der Waals surface area (Å²) in [6.45, 7) is 2.65. The summed E-state index contributed by atoms with van der Waals surface area (Å²) in [4.78, 5) is 0. The second kappa shape index (κ2) is 4.45. The molecule has 0 aliphatic carbocycles. The van der Waals surface area contributed by atoms with Crippen molar-refractivity contribution in [2.45, 2.75) is 25.3 Å². The molecule has 0 saturated carbocycles. The van der Waals surface area contributed by atoms with Crippen molar-refractivity contribution in [1.82, 2.24) is 4.31 Å². The molecule has 4 nitrogen and oxygen atoms in total. The van der Waals surface area contributed by atoms with E-state index in [-0.39, 0.29) is 23.5 Å². The van der Waals surface area contributed by atoms with E-state index < -0.39 is 10.0 Å². The molecule has 0 amide bonds. The van der Waals surface area contributed by atoms with Gasteiger partial charge in [-0.1, -0.05) is 0 Å². The standard InChI is InChI=1S/C13H17FN2O2S/c1-2-19(17,18)16-6-5-13-11(8-16)10-7-9(14)3-4-12(10)15-13/h3-4,7,11,13,15H,2,5-6,8H2,1H3/t11-,13+/m0/s1. The Balaban J connectivity index is 1.91. The maximum absolute atomic E-state index is 13.4. The van der Waals surface area contributed by atoms with E-state index in [1.165, 1.54) is 16.4 Å². The van der Waals surface area contributed by atoms with Gasteiger partial charge in [-0.05, 0) is 37.1 Å². The van der Waals surface area contributed by atoms with Crippen molar-refractivity contribution in [3.05, 3.63) is 29.6 Å². The molecule has 6 heteroatoms. The van der Waals surface area contributed by atoms with Crippen molar-refractivity contribution in [1.29, 1.82) is 0 Å². The first-order valence-electron chi connectivity index (χ1n) is 6.55. The lowest BCUT2D eigenvalue weighted by molar-refractivity contribution is 0.306. The lowest BCUT2D eigenvalue weighted by Crippen LogP contribution is -2.45. The van der Waals surface area contributed by atoms with Gasteiger partial charge in [-0.3, -0.25) is 0 Å². The van der Waals surface area contributed by atoms with E-state index in [1.54, 1.807) is 13.0 Å². The van der Waals surface area contributed by atoms with E-state index >= 15 is 0 Å².